The van der Waals surface area contributed by atoms with Gasteiger partial charge in [0, 0.05) is 6.04 Å². The Morgan fingerprint density at radius 2 is 2.53 bits per heavy atom. The molecule has 0 saturated carbocycles. The molecule has 0 bridgehead atoms. The van der Waals surface area contributed by atoms with Crippen LogP contribution in [-0.4, -0.2) is 31.2 Å². The Kier molecular flexibility index (Phi) is 3.72. The molecule has 1 amide bonds. The average Bonchev–Trinajstić information content (AvgIpc) is 2.57. The molecule has 1 aliphatic heterocycles. The zero-order valence-electron chi connectivity index (χ0n) is 9.25. The van der Waals surface area contributed by atoms with Gasteiger partial charge >= 0.3 is 0 Å². The number of terminal acetylenes is 1. The SMILES string of the molecule is C#CC(CC)NC(=O)C1(C)COCC1N. The Bertz CT molecular complexity index is 285. The lowest BCUT2D eigenvalue weighted by molar-refractivity contribution is -0.131. The fraction of sp³-hybridized carbons (Fsp3) is 0.727. The molecule has 4 nitrogen and oxygen atoms in total. The van der Waals surface area contributed by atoms with Gasteiger partial charge in [0.05, 0.1) is 24.7 Å². The molecule has 15 heavy (non-hydrogen) atoms. The summed E-state index contributed by atoms with van der Waals surface area (Å²) in [5.74, 6) is 2.41. The lowest BCUT2D eigenvalue weighted by atomic mass is 9.84. The van der Waals surface area contributed by atoms with Crippen LogP contribution in [0.3, 0.4) is 0 Å². The molecule has 0 radical (unpaired) electrons. The van der Waals surface area contributed by atoms with E-state index in [2.05, 4.69) is 11.2 Å². The monoisotopic (exact) mass is 210 g/mol. The standard InChI is InChI=1S/C11H18N2O2/c1-4-8(5-2)13-10(14)11(3)7-15-6-9(11)12/h1,8-9H,5-7,12H2,2-3H3,(H,13,14). The number of nitrogens with two attached hydrogens (primary N) is 1. The molecule has 4 heteroatoms. The van der Waals surface area contributed by atoms with Gasteiger partial charge in [0.15, 0.2) is 0 Å². The van der Waals surface area contributed by atoms with Gasteiger partial charge in [-0.1, -0.05) is 12.8 Å². The predicted molar refractivity (Wildman–Crippen MR) is 58.0 cm³/mol. The number of carbonyl (C=O) groups is 1. The van der Waals surface area contributed by atoms with E-state index in [1.54, 1.807) is 0 Å². The summed E-state index contributed by atoms with van der Waals surface area (Å²) in [5, 5.41) is 2.79. The summed E-state index contributed by atoms with van der Waals surface area (Å²) in [6.45, 7) is 4.53. The Morgan fingerprint density at radius 1 is 1.87 bits per heavy atom. The third-order valence-electron chi connectivity index (χ3n) is 2.95. The molecule has 1 rings (SSSR count). The predicted octanol–water partition coefficient (Wildman–Crippen LogP) is -0.122. The first kappa shape index (κ1) is 12.0. The third-order valence-corrected chi connectivity index (χ3v) is 2.95. The van der Waals surface area contributed by atoms with Crippen LogP contribution in [0.1, 0.15) is 20.3 Å². The second-order valence-electron chi connectivity index (χ2n) is 4.14. The summed E-state index contributed by atoms with van der Waals surface area (Å²) >= 11 is 0. The van der Waals surface area contributed by atoms with Crippen LogP contribution in [0.4, 0.5) is 0 Å². The van der Waals surface area contributed by atoms with Crippen LogP contribution >= 0.6 is 0 Å². The van der Waals surface area contributed by atoms with Crippen molar-refractivity contribution in [2.75, 3.05) is 13.2 Å². The highest BCUT2D eigenvalue weighted by atomic mass is 16.5. The van der Waals surface area contributed by atoms with Crippen molar-refractivity contribution < 1.29 is 9.53 Å². The summed E-state index contributed by atoms with van der Waals surface area (Å²) in [5.41, 5.74) is 5.19. The molecule has 1 saturated heterocycles. The van der Waals surface area contributed by atoms with Crippen molar-refractivity contribution in [1.82, 2.24) is 5.32 Å². The molecule has 1 fully saturated rings. The molecule has 3 atom stereocenters. The van der Waals surface area contributed by atoms with Gasteiger partial charge in [0.1, 0.15) is 0 Å². The van der Waals surface area contributed by atoms with Crippen LogP contribution in [0.5, 0.6) is 0 Å². The summed E-state index contributed by atoms with van der Waals surface area (Å²) in [6.07, 6.45) is 6.00. The van der Waals surface area contributed by atoms with Crippen molar-refractivity contribution in [2.45, 2.75) is 32.4 Å². The summed E-state index contributed by atoms with van der Waals surface area (Å²) in [6, 6.07) is -0.477. The highest BCUT2D eigenvalue weighted by Gasteiger charge is 2.44. The third kappa shape index (κ3) is 2.31. The first-order valence-corrected chi connectivity index (χ1v) is 5.15. The highest BCUT2D eigenvalue weighted by Crippen LogP contribution is 2.27. The maximum absolute atomic E-state index is 11.9. The fourth-order valence-electron chi connectivity index (χ4n) is 1.51. The van der Waals surface area contributed by atoms with E-state index in [1.807, 2.05) is 13.8 Å². The van der Waals surface area contributed by atoms with Gasteiger partial charge < -0.3 is 15.8 Å². The lowest BCUT2D eigenvalue weighted by Gasteiger charge is -2.26. The Hall–Kier alpha value is -1.05. The average molecular weight is 210 g/mol. The molecule has 1 heterocycles. The molecule has 1 aliphatic rings. The van der Waals surface area contributed by atoms with Crippen molar-refractivity contribution in [2.24, 2.45) is 11.1 Å². The Balaban J connectivity index is 2.64. The molecule has 3 N–H and O–H groups in total. The van der Waals surface area contributed by atoms with Crippen molar-refractivity contribution >= 4 is 5.91 Å². The largest absolute Gasteiger partial charge is 0.379 e. The second-order valence-corrected chi connectivity index (χ2v) is 4.14. The van der Waals surface area contributed by atoms with E-state index in [4.69, 9.17) is 16.9 Å². The molecular weight excluding hydrogens is 192 g/mol. The van der Waals surface area contributed by atoms with E-state index in [0.29, 0.717) is 19.6 Å². The van der Waals surface area contributed by atoms with Crippen LogP contribution in [0.15, 0.2) is 0 Å². The van der Waals surface area contributed by atoms with Gasteiger partial charge in [-0.05, 0) is 13.3 Å². The van der Waals surface area contributed by atoms with Gasteiger partial charge in [-0.25, -0.2) is 0 Å². The van der Waals surface area contributed by atoms with Gasteiger partial charge in [-0.15, -0.1) is 6.42 Å². The van der Waals surface area contributed by atoms with Crippen molar-refractivity contribution in [3.05, 3.63) is 0 Å². The zero-order chi connectivity index (χ0) is 11.5. The second kappa shape index (κ2) is 4.65. The van der Waals surface area contributed by atoms with Gasteiger partial charge in [-0.3, -0.25) is 4.79 Å². The number of ether oxygens (including phenoxy) is 1. The quantitative estimate of drug-likeness (QED) is 0.638. The molecule has 0 aromatic heterocycles. The molecule has 84 valence electrons. The zero-order valence-corrected chi connectivity index (χ0v) is 9.25. The van der Waals surface area contributed by atoms with Crippen molar-refractivity contribution in [1.29, 1.82) is 0 Å². The normalized spacial score (nSPS) is 32.0. The summed E-state index contributed by atoms with van der Waals surface area (Å²) in [7, 11) is 0. The van der Waals surface area contributed by atoms with Crippen LogP contribution in [0.25, 0.3) is 0 Å². The maximum Gasteiger partial charge on any atom is 0.230 e. The van der Waals surface area contributed by atoms with E-state index in [-0.39, 0.29) is 18.0 Å². The highest BCUT2D eigenvalue weighted by molar-refractivity contribution is 5.84. The van der Waals surface area contributed by atoms with E-state index in [9.17, 15) is 4.79 Å². The lowest BCUT2D eigenvalue weighted by Crippen LogP contribution is -2.52. The van der Waals surface area contributed by atoms with Crippen LogP contribution in [0, 0.1) is 17.8 Å². The number of carbonyl (C=O) groups excluding carboxylic acids is 1. The Morgan fingerprint density at radius 3 is 2.93 bits per heavy atom. The molecule has 0 aliphatic carbocycles. The molecule has 0 aromatic carbocycles. The number of amides is 1. The number of nitrogens with one attached hydrogen (secondary N) is 1. The number of hydrogen-bond acceptors (Lipinski definition) is 3. The van der Waals surface area contributed by atoms with Crippen LogP contribution in [0.2, 0.25) is 0 Å². The van der Waals surface area contributed by atoms with Crippen LogP contribution < -0.4 is 11.1 Å². The van der Waals surface area contributed by atoms with Gasteiger partial charge in [0.25, 0.3) is 0 Å². The fourth-order valence-corrected chi connectivity index (χ4v) is 1.51. The first-order valence-electron chi connectivity index (χ1n) is 5.15. The first-order chi connectivity index (χ1) is 7.04. The smallest absolute Gasteiger partial charge is 0.230 e. The minimum absolute atomic E-state index is 0.114. The van der Waals surface area contributed by atoms with E-state index in [0.717, 1.165) is 0 Å². The molecule has 3 unspecified atom stereocenters. The summed E-state index contributed by atoms with van der Waals surface area (Å²) in [4.78, 5) is 11.9. The van der Waals surface area contributed by atoms with Gasteiger partial charge in [0.2, 0.25) is 5.91 Å². The topological polar surface area (TPSA) is 64.3 Å². The van der Waals surface area contributed by atoms with Crippen molar-refractivity contribution in [3.8, 4) is 12.3 Å². The minimum Gasteiger partial charge on any atom is -0.379 e. The van der Waals surface area contributed by atoms with Crippen LogP contribution in [-0.2, 0) is 9.53 Å². The van der Waals surface area contributed by atoms with Gasteiger partial charge in [-0.2, -0.15) is 0 Å². The van der Waals surface area contributed by atoms with E-state index >= 15 is 0 Å². The van der Waals surface area contributed by atoms with E-state index < -0.39 is 5.41 Å². The van der Waals surface area contributed by atoms with E-state index in [1.165, 1.54) is 0 Å². The summed E-state index contributed by atoms with van der Waals surface area (Å²) < 4.78 is 5.20. The molecule has 0 spiro atoms. The number of hydrogen-bond donors (Lipinski definition) is 2. The Labute approximate surface area is 90.5 Å². The minimum atomic E-state index is -0.649. The molecule has 0 aromatic rings. The maximum atomic E-state index is 11.9. The van der Waals surface area contributed by atoms with Crippen molar-refractivity contribution in [3.63, 3.8) is 0 Å². The molecular formula is C11H18N2O2. The number of rotatable bonds is 3.